The SMILES string of the molecule is C[C@H](c1ccccc1)N1CC[C@@H](NCc2cscn2)C1. The van der Waals surface area contributed by atoms with E-state index in [4.69, 9.17) is 0 Å². The van der Waals surface area contributed by atoms with Gasteiger partial charge in [0.2, 0.25) is 0 Å². The zero-order valence-electron chi connectivity index (χ0n) is 11.8. The Kier molecular flexibility index (Phi) is 4.45. The molecule has 0 bridgehead atoms. The van der Waals surface area contributed by atoms with E-state index in [1.807, 2.05) is 5.51 Å². The highest BCUT2D eigenvalue weighted by Crippen LogP contribution is 2.24. The number of hydrogen-bond donors (Lipinski definition) is 1. The molecule has 0 radical (unpaired) electrons. The van der Waals surface area contributed by atoms with Crippen molar-refractivity contribution in [2.24, 2.45) is 0 Å². The minimum Gasteiger partial charge on any atom is -0.307 e. The molecule has 0 aliphatic carbocycles. The van der Waals surface area contributed by atoms with Crippen molar-refractivity contribution in [1.29, 1.82) is 0 Å². The summed E-state index contributed by atoms with van der Waals surface area (Å²) in [6.07, 6.45) is 1.22. The van der Waals surface area contributed by atoms with Crippen molar-refractivity contribution in [2.45, 2.75) is 32.0 Å². The lowest BCUT2D eigenvalue weighted by Crippen LogP contribution is -2.33. The molecule has 3 rings (SSSR count). The van der Waals surface area contributed by atoms with Gasteiger partial charge in [-0.25, -0.2) is 4.98 Å². The average Bonchev–Trinajstić information content (AvgIpc) is 3.17. The fourth-order valence-electron chi connectivity index (χ4n) is 2.82. The Balaban J connectivity index is 1.51. The van der Waals surface area contributed by atoms with Crippen molar-refractivity contribution in [2.75, 3.05) is 13.1 Å². The highest BCUT2D eigenvalue weighted by molar-refractivity contribution is 7.07. The number of rotatable bonds is 5. The van der Waals surface area contributed by atoms with Crippen molar-refractivity contribution in [3.8, 4) is 0 Å². The quantitative estimate of drug-likeness (QED) is 0.916. The van der Waals surface area contributed by atoms with Gasteiger partial charge in [-0.05, 0) is 18.9 Å². The molecule has 0 spiro atoms. The third-order valence-corrected chi connectivity index (χ3v) is 4.74. The summed E-state index contributed by atoms with van der Waals surface area (Å²) >= 11 is 1.66. The van der Waals surface area contributed by atoms with Crippen molar-refractivity contribution in [1.82, 2.24) is 15.2 Å². The zero-order chi connectivity index (χ0) is 13.8. The molecular weight excluding hydrogens is 266 g/mol. The maximum Gasteiger partial charge on any atom is 0.0795 e. The van der Waals surface area contributed by atoms with Gasteiger partial charge in [0.1, 0.15) is 0 Å². The van der Waals surface area contributed by atoms with Gasteiger partial charge < -0.3 is 5.32 Å². The summed E-state index contributed by atoms with van der Waals surface area (Å²) in [6.45, 7) is 5.49. The highest BCUT2D eigenvalue weighted by Gasteiger charge is 2.26. The van der Waals surface area contributed by atoms with E-state index in [2.05, 4.69) is 57.8 Å². The molecule has 1 N–H and O–H groups in total. The predicted octanol–water partition coefficient (Wildman–Crippen LogP) is 3.07. The monoisotopic (exact) mass is 287 g/mol. The van der Waals surface area contributed by atoms with Crippen LogP contribution < -0.4 is 5.32 Å². The fraction of sp³-hybridized carbons (Fsp3) is 0.438. The summed E-state index contributed by atoms with van der Waals surface area (Å²) in [7, 11) is 0. The van der Waals surface area contributed by atoms with Crippen LogP contribution in [-0.4, -0.2) is 29.0 Å². The Labute approximate surface area is 124 Å². The molecule has 3 nitrogen and oxygen atoms in total. The van der Waals surface area contributed by atoms with Crippen LogP contribution >= 0.6 is 11.3 Å². The van der Waals surface area contributed by atoms with Crippen LogP contribution in [0.2, 0.25) is 0 Å². The van der Waals surface area contributed by atoms with Crippen LogP contribution in [0, 0.1) is 0 Å². The lowest BCUT2D eigenvalue weighted by molar-refractivity contribution is 0.255. The highest BCUT2D eigenvalue weighted by atomic mass is 32.1. The summed E-state index contributed by atoms with van der Waals surface area (Å²) in [5, 5.41) is 5.74. The van der Waals surface area contributed by atoms with Gasteiger partial charge in [-0.2, -0.15) is 0 Å². The van der Waals surface area contributed by atoms with Gasteiger partial charge in [0.15, 0.2) is 0 Å². The molecule has 4 heteroatoms. The van der Waals surface area contributed by atoms with Crippen LogP contribution in [0.25, 0.3) is 0 Å². The normalized spacial score (nSPS) is 21.1. The van der Waals surface area contributed by atoms with E-state index in [-0.39, 0.29) is 0 Å². The summed E-state index contributed by atoms with van der Waals surface area (Å²) in [5.74, 6) is 0. The smallest absolute Gasteiger partial charge is 0.0795 e. The largest absolute Gasteiger partial charge is 0.307 e. The molecule has 2 heterocycles. The molecule has 20 heavy (non-hydrogen) atoms. The molecule has 0 amide bonds. The van der Waals surface area contributed by atoms with Crippen LogP contribution in [0.4, 0.5) is 0 Å². The van der Waals surface area contributed by atoms with E-state index in [9.17, 15) is 0 Å². The minimum atomic E-state index is 0.502. The minimum absolute atomic E-state index is 0.502. The first-order chi connectivity index (χ1) is 9.83. The summed E-state index contributed by atoms with van der Waals surface area (Å²) in [6, 6.07) is 11.9. The molecule has 1 aliphatic heterocycles. The summed E-state index contributed by atoms with van der Waals surface area (Å²) in [4.78, 5) is 6.88. The first-order valence-electron chi connectivity index (χ1n) is 7.22. The Morgan fingerprint density at radius 3 is 3.00 bits per heavy atom. The third-order valence-electron chi connectivity index (χ3n) is 4.10. The first kappa shape index (κ1) is 13.7. The van der Waals surface area contributed by atoms with Crippen LogP contribution in [0.1, 0.15) is 30.6 Å². The number of hydrogen-bond acceptors (Lipinski definition) is 4. The zero-order valence-corrected chi connectivity index (χ0v) is 12.6. The number of nitrogens with one attached hydrogen (secondary N) is 1. The van der Waals surface area contributed by atoms with Gasteiger partial charge in [-0.15, -0.1) is 11.3 Å². The number of nitrogens with zero attached hydrogens (tertiary/aromatic N) is 2. The van der Waals surface area contributed by atoms with E-state index in [1.54, 1.807) is 11.3 Å². The molecule has 106 valence electrons. The number of likely N-dealkylation sites (tertiary alicyclic amines) is 1. The van der Waals surface area contributed by atoms with Crippen molar-refractivity contribution < 1.29 is 0 Å². The van der Waals surface area contributed by atoms with Gasteiger partial charge in [0, 0.05) is 37.1 Å². The number of aromatic nitrogens is 1. The average molecular weight is 287 g/mol. The Bertz CT molecular complexity index is 512. The second kappa shape index (κ2) is 6.48. The fourth-order valence-corrected chi connectivity index (χ4v) is 3.38. The number of thiazole rings is 1. The van der Waals surface area contributed by atoms with Crippen molar-refractivity contribution in [3.63, 3.8) is 0 Å². The maximum atomic E-state index is 4.32. The van der Waals surface area contributed by atoms with E-state index in [0.29, 0.717) is 12.1 Å². The van der Waals surface area contributed by atoms with E-state index >= 15 is 0 Å². The molecule has 1 fully saturated rings. The Hall–Kier alpha value is -1.23. The second-order valence-electron chi connectivity index (χ2n) is 5.43. The molecule has 1 aromatic heterocycles. The second-order valence-corrected chi connectivity index (χ2v) is 6.15. The lowest BCUT2D eigenvalue weighted by Gasteiger charge is -2.24. The first-order valence-corrected chi connectivity index (χ1v) is 8.16. The van der Waals surface area contributed by atoms with Gasteiger partial charge in [0.25, 0.3) is 0 Å². The van der Waals surface area contributed by atoms with Crippen molar-refractivity contribution in [3.05, 3.63) is 52.5 Å². The van der Waals surface area contributed by atoms with E-state index < -0.39 is 0 Å². The molecule has 2 atom stereocenters. The Morgan fingerprint density at radius 1 is 1.40 bits per heavy atom. The topological polar surface area (TPSA) is 28.2 Å². The van der Waals surface area contributed by atoms with E-state index in [0.717, 1.165) is 18.8 Å². The van der Waals surface area contributed by atoms with Gasteiger partial charge in [-0.3, -0.25) is 4.90 Å². The van der Waals surface area contributed by atoms with Gasteiger partial charge in [0.05, 0.1) is 11.2 Å². The van der Waals surface area contributed by atoms with Gasteiger partial charge >= 0.3 is 0 Å². The predicted molar refractivity (Wildman–Crippen MR) is 83.8 cm³/mol. The van der Waals surface area contributed by atoms with Crippen molar-refractivity contribution >= 4 is 11.3 Å². The molecule has 1 aliphatic rings. The van der Waals surface area contributed by atoms with E-state index in [1.165, 1.54) is 18.5 Å². The van der Waals surface area contributed by atoms with Crippen LogP contribution in [0.5, 0.6) is 0 Å². The third kappa shape index (κ3) is 3.26. The molecular formula is C16H21N3S. The Morgan fingerprint density at radius 2 is 2.25 bits per heavy atom. The molecule has 0 unspecified atom stereocenters. The van der Waals surface area contributed by atoms with Gasteiger partial charge in [-0.1, -0.05) is 30.3 Å². The van der Waals surface area contributed by atoms with Crippen LogP contribution in [0.3, 0.4) is 0 Å². The molecule has 0 saturated carbocycles. The summed E-state index contributed by atoms with van der Waals surface area (Å²) in [5.41, 5.74) is 4.47. The summed E-state index contributed by atoms with van der Waals surface area (Å²) < 4.78 is 0. The van der Waals surface area contributed by atoms with Crippen LogP contribution in [-0.2, 0) is 6.54 Å². The van der Waals surface area contributed by atoms with Crippen LogP contribution in [0.15, 0.2) is 41.2 Å². The standard InChI is InChI=1S/C16H21N3S/c1-13(14-5-3-2-4-6-14)19-8-7-15(10-19)17-9-16-11-20-12-18-16/h2-6,11-13,15,17H,7-10H2,1H3/t13-,15-/m1/s1. The maximum absolute atomic E-state index is 4.32. The molecule has 1 saturated heterocycles. The molecule has 1 aromatic carbocycles. The molecule has 2 aromatic rings. The lowest BCUT2D eigenvalue weighted by atomic mass is 10.1. The number of benzene rings is 1.